The third-order valence-electron chi connectivity index (χ3n) is 4.79. The molecule has 0 bridgehead atoms. The normalized spacial score (nSPS) is 10.8. The summed E-state index contributed by atoms with van der Waals surface area (Å²) in [7, 11) is 0. The van der Waals surface area contributed by atoms with Crippen molar-refractivity contribution in [1.82, 2.24) is 19.9 Å². The first-order valence-corrected chi connectivity index (χ1v) is 9.35. The van der Waals surface area contributed by atoms with Crippen LogP contribution in [-0.4, -0.2) is 19.9 Å². The fourth-order valence-electron chi connectivity index (χ4n) is 3.11. The molecule has 0 aliphatic rings. The maximum atomic E-state index is 4.63. The Morgan fingerprint density at radius 1 is 0.607 bits per heavy atom. The molecule has 0 saturated heterocycles. The van der Waals surface area contributed by atoms with Crippen molar-refractivity contribution in [2.75, 3.05) is 0 Å². The second-order valence-corrected chi connectivity index (χ2v) is 7.16. The van der Waals surface area contributed by atoms with Crippen LogP contribution in [0.2, 0.25) is 0 Å². The van der Waals surface area contributed by atoms with Gasteiger partial charge in [0.05, 0.1) is 22.8 Å². The quantitative estimate of drug-likeness (QED) is 0.503. The van der Waals surface area contributed by atoms with E-state index in [9.17, 15) is 0 Å². The van der Waals surface area contributed by atoms with Gasteiger partial charge in [-0.15, -0.1) is 0 Å². The lowest BCUT2D eigenvalue weighted by molar-refractivity contribution is 1.08. The smallest absolute Gasteiger partial charge is 0.0889 e. The van der Waals surface area contributed by atoms with Gasteiger partial charge in [0.15, 0.2) is 0 Å². The van der Waals surface area contributed by atoms with Crippen molar-refractivity contribution in [3.8, 4) is 22.8 Å². The zero-order valence-electron chi connectivity index (χ0n) is 16.3. The lowest BCUT2D eigenvalue weighted by Gasteiger charge is -2.09. The Kier molecular flexibility index (Phi) is 4.94. The van der Waals surface area contributed by atoms with E-state index in [0.29, 0.717) is 0 Å². The van der Waals surface area contributed by atoms with Gasteiger partial charge in [0.2, 0.25) is 0 Å². The van der Waals surface area contributed by atoms with E-state index in [1.807, 2.05) is 49.9 Å². The van der Waals surface area contributed by atoms with Gasteiger partial charge in [0.25, 0.3) is 0 Å². The highest BCUT2D eigenvalue weighted by Gasteiger charge is 2.07. The van der Waals surface area contributed by atoms with Crippen molar-refractivity contribution >= 4 is 0 Å². The molecule has 0 aromatic carbocycles. The molecule has 4 nitrogen and oxygen atoms in total. The van der Waals surface area contributed by atoms with E-state index in [2.05, 4.69) is 58.0 Å². The largest absolute Gasteiger partial charge is 0.255 e. The van der Waals surface area contributed by atoms with E-state index in [0.717, 1.165) is 40.3 Å². The summed E-state index contributed by atoms with van der Waals surface area (Å²) in [4.78, 5) is 18.1. The molecule has 0 aliphatic carbocycles. The van der Waals surface area contributed by atoms with Crippen LogP contribution < -0.4 is 0 Å². The Morgan fingerprint density at radius 2 is 1.32 bits per heavy atom. The molecular formula is C24H22N4. The lowest BCUT2D eigenvalue weighted by Crippen LogP contribution is -1.97. The van der Waals surface area contributed by atoms with Crippen LogP contribution in [0.4, 0.5) is 0 Å². The van der Waals surface area contributed by atoms with Gasteiger partial charge in [-0.05, 0) is 78.9 Å². The number of pyridine rings is 4. The van der Waals surface area contributed by atoms with Gasteiger partial charge in [-0.3, -0.25) is 19.9 Å². The summed E-state index contributed by atoms with van der Waals surface area (Å²) < 4.78 is 0. The zero-order valence-corrected chi connectivity index (χ0v) is 16.3. The molecule has 0 fully saturated rings. The van der Waals surface area contributed by atoms with Crippen LogP contribution in [0.5, 0.6) is 0 Å². The van der Waals surface area contributed by atoms with Gasteiger partial charge in [0, 0.05) is 31.2 Å². The average molecular weight is 366 g/mol. The highest BCUT2D eigenvalue weighted by Crippen LogP contribution is 2.21. The maximum absolute atomic E-state index is 4.63. The highest BCUT2D eigenvalue weighted by molar-refractivity contribution is 5.57. The Hall–Kier alpha value is -3.40. The van der Waals surface area contributed by atoms with Crippen molar-refractivity contribution in [2.45, 2.75) is 27.2 Å². The standard InChI is InChI=1S/C24H22N4/c1-16-8-9-25-23(10-16)24-11-18(3)20(15-28-24)12-19-5-7-22(27-14-19)21-6-4-17(2)13-26-21/h4-11,13-15H,12H2,1-3H3. The molecular weight excluding hydrogens is 344 g/mol. The van der Waals surface area contributed by atoms with E-state index < -0.39 is 0 Å². The maximum Gasteiger partial charge on any atom is 0.0889 e. The molecule has 0 spiro atoms. The van der Waals surface area contributed by atoms with E-state index in [1.54, 1.807) is 0 Å². The number of aryl methyl sites for hydroxylation is 3. The summed E-state index contributed by atoms with van der Waals surface area (Å²) in [6.45, 7) is 6.22. The summed E-state index contributed by atoms with van der Waals surface area (Å²) in [5.74, 6) is 0. The summed E-state index contributed by atoms with van der Waals surface area (Å²) in [6, 6.07) is 14.4. The Labute approximate surface area is 165 Å². The number of hydrogen-bond donors (Lipinski definition) is 0. The van der Waals surface area contributed by atoms with Crippen molar-refractivity contribution in [1.29, 1.82) is 0 Å². The molecule has 4 aromatic heterocycles. The number of hydrogen-bond acceptors (Lipinski definition) is 4. The Morgan fingerprint density at radius 3 is 1.96 bits per heavy atom. The molecule has 0 aliphatic heterocycles. The lowest BCUT2D eigenvalue weighted by atomic mass is 10.0. The molecule has 0 N–H and O–H groups in total. The van der Waals surface area contributed by atoms with Crippen molar-refractivity contribution in [3.63, 3.8) is 0 Å². The van der Waals surface area contributed by atoms with E-state index in [-0.39, 0.29) is 0 Å². The number of nitrogens with zero attached hydrogens (tertiary/aromatic N) is 4. The summed E-state index contributed by atoms with van der Waals surface area (Å²) in [5, 5.41) is 0. The summed E-state index contributed by atoms with van der Waals surface area (Å²) in [5.41, 5.74) is 9.48. The van der Waals surface area contributed by atoms with E-state index >= 15 is 0 Å². The first-order chi connectivity index (χ1) is 13.6. The minimum absolute atomic E-state index is 0.801. The first kappa shape index (κ1) is 18.0. The average Bonchev–Trinajstić information content (AvgIpc) is 2.71. The van der Waals surface area contributed by atoms with Gasteiger partial charge in [-0.2, -0.15) is 0 Å². The molecule has 0 saturated carbocycles. The van der Waals surface area contributed by atoms with Crippen molar-refractivity contribution in [3.05, 3.63) is 95.1 Å². The molecule has 4 aromatic rings. The van der Waals surface area contributed by atoms with Crippen LogP contribution in [0, 0.1) is 20.8 Å². The third-order valence-corrected chi connectivity index (χ3v) is 4.79. The number of aromatic nitrogens is 4. The van der Waals surface area contributed by atoms with Crippen molar-refractivity contribution in [2.24, 2.45) is 0 Å². The molecule has 4 rings (SSSR count). The van der Waals surface area contributed by atoms with Crippen LogP contribution in [0.1, 0.15) is 27.8 Å². The fraction of sp³-hybridized carbons (Fsp3) is 0.167. The summed E-state index contributed by atoms with van der Waals surface area (Å²) >= 11 is 0. The van der Waals surface area contributed by atoms with Gasteiger partial charge in [-0.25, -0.2) is 0 Å². The van der Waals surface area contributed by atoms with Gasteiger partial charge < -0.3 is 0 Å². The third kappa shape index (κ3) is 3.96. The molecule has 0 radical (unpaired) electrons. The highest BCUT2D eigenvalue weighted by atomic mass is 14.8. The second kappa shape index (κ2) is 7.69. The predicted octanol–water partition coefficient (Wildman–Crippen LogP) is 5.12. The second-order valence-electron chi connectivity index (χ2n) is 7.16. The molecule has 0 amide bonds. The van der Waals surface area contributed by atoms with E-state index in [1.165, 1.54) is 16.7 Å². The SMILES string of the molecule is Cc1ccc(-c2ccc(Cc3cnc(-c4cc(C)ccn4)cc3C)cn2)nc1. The van der Waals surface area contributed by atoms with Crippen LogP contribution in [0.25, 0.3) is 22.8 Å². The van der Waals surface area contributed by atoms with Gasteiger partial charge in [-0.1, -0.05) is 12.1 Å². The van der Waals surface area contributed by atoms with Crippen LogP contribution >= 0.6 is 0 Å². The molecule has 4 heterocycles. The van der Waals surface area contributed by atoms with Crippen LogP contribution in [-0.2, 0) is 6.42 Å². The Balaban J connectivity index is 1.53. The number of rotatable bonds is 4. The topological polar surface area (TPSA) is 51.6 Å². The Bertz CT molecular complexity index is 1100. The van der Waals surface area contributed by atoms with E-state index in [4.69, 9.17) is 0 Å². The minimum Gasteiger partial charge on any atom is -0.255 e. The van der Waals surface area contributed by atoms with Crippen LogP contribution in [0.3, 0.4) is 0 Å². The van der Waals surface area contributed by atoms with Gasteiger partial charge >= 0.3 is 0 Å². The molecule has 28 heavy (non-hydrogen) atoms. The molecule has 0 unspecified atom stereocenters. The summed E-state index contributed by atoms with van der Waals surface area (Å²) in [6.07, 6.45) is 8.36. The molecule has 4 heteroatoms. The van der Waals surface area contributed by atoms with Crippen LogP contribution in [0.15, 0.2) is 67.3 Å². The zero-order chi connectivity index (χ0) is 19.5. The predicted molar refractivity (Wildman–Crippen MR) is 112 cm³/mol. The minimum atomic E-state index is 0.801. The molecule has 138 valence electrons. The van der Waals surface area contributed by atoms with Crippen molar-refractivity contribution < 1.29 is 0 Å². The fourth-order valence-corrected chi connectivity index (χ4v) is 3.11. The van der Waals surface area contributed by atoms with Gasteiger partial charge in [0.1, 0.15) is 0 Å². The first-order valence-electron chi connectivity index (χ1n) is 9.35. The molecule has 0 atom stereocenters. The monoisotopic (exact) mass is 366 g/mol.